The van der Waals surface area contributed by atoms with Gasteiger partial charge in [-0.2, -0.15) is 0 Å². The lowest BCUT2D eigenvalue weighted by atomic mass is 9.92. The van der Waals surface area contributed by atoms with Crippen LogP contribution in [0.2, 0.25) is 0 Å². The van der Waals surface area contributed by atoms with Crippen molar-refractivity contribution in [2.45, 2.75) is 26.3 Å². The molecule has 3 rings (SSSR count). The first-order valence-electron chi connectivity index (χ1n) is 7.04. The summed E-state index contributed by atoms with van der Waals surface area (Å²) in [4.78, 5) is 30.8. The molecule has 1 aliphatic heterocycles. The van der Waals surface area contributed by atoms with E-state index in [1.807, 2.05) is 25.1 Å². The van der Waals surface area contributed by atoms with Gasteiger partial charge in [-0.25, -0.2) is 9.78 Å². The Morgan fingerprint density at radius 1 is 1.32 bits per heavy atom. The number of amides is 1. The number of nitrogens with zero attached hydrogens (tertiary/aromatic N) is 2. The second-order valence-corrected chi connectivity index (χ2v) is 6.54. The quantitative estimate of drug-likeness (QED) is 0.924. The van der Waals surface area contributed by atoms with Crippen molar-refractivity contribution in [3.05, 3.63) is 51.0 Å². The van der Waals surface area contributed by atoms with Gasteiger partial charge in [0.25, 0.3) is 5.91 Å². The molecule has 1 unspecified atom stereocenters. The number of hydrogen-bond acceptors (Lipinski definition) is 4. The van der Waals surface area contributed by atoms with E-state index in [9.17, 15) is 14.7 Å². The van der Waals surface area contributed by atoms with Crippen LogP contribution in [0, 0.1) is 13.8 Å². The number of carbonyl (C=O) groups excluding carboxylic acids is 1. The van der Waals surface area contributed by atoms with Crippen LogP contribution in [0.4, 0.5) is 0 Å². The fraction of sp³-hybridized carbons (Fsp3) is 0.312. The third kappa shape index (κ3) is 2.39. The molecule has 22 heavy (non-hydrogen) atoms. The first-order chi connectivity index (χ1) is 10.5. The van der Waals surface area contributed by atoms with Crippen LogP contribution in [-0.2, 0) is 11.2 Å². The molecular formula is C16H16N2O3S. The summed E-state index contributed by atoms with van der Waals surface area (Å²) in [7, 11) is 0. The zero-order chi connectivity index (χ0) is 15.9. The smallest absolute Gasteiger partial charge is 0.331 e. The molecule has 6 heteroatoms. The van der Waals surface area contributed by atoms with Crippen molar-refractivity contribution in [2.24, 2.45) is 0 Å². The predicted molar refractivity (Wildman–Crippen MR) is 83.1 cm³/mol. The minimum absolute atomic E-state index is 0.245. The van der Waals surface area contributed by atoms with E-state index in [1.165, 1.54) is 16.2 Å². The van der Waals surface area contributed by atoms with Crippen LogP contribution < -0.4 is 0 Å². The molecule has 0 fully saturated rings. The molecule has 5 nitrogen and oxygen atoms in total. The molecule has 0 spiro atoms. The highest BCUT2D eigenvalue weighted by atomic mass is 32.1. The van der Waals surface area contributed by atoms with Crippen molar-refractivity contribution < 1.29 is 14.7 Å². The lowest BCUT2D eigenvalue weighted by Gasteiger charge is -2.34. The zero-order valence-corrected chi connectivity index (χ0v) is 13.2. The number of carboxylic acids is 1. The van der Waals surface area contributed by atoms with Crippen LogP contribution in [0.25, 0.3) is 0 Å². The maximum Gasteiger partial charge on any atom is 0.331 e. The number of benzene rings is 1. The van der Waals surface area contributed by atoms with Gasteiger partial charge in [-0.3, -0.25) is 4.79 Å². The van der Waals surface area contributed by atoms with E-state index in [0.29, 0.717) is 29.1 Å². The maximum absolute atomic E-state index is 12.8. The summed E-state index contributed by atoms with van der Waals surface area (Å²) in [5.41, 5.74) is 2.36. The van der Waals surface area contributed by atoms with Crippen LogP contribution in [0.1, 0.15) is 37.5 Å². The number of hydrogen-bond donors (Lipinski definition) is 1. The molecule has 114 valence electrons. The molecule has 1 aliphatic rings. The summed E-state index contributed by atoms with van der Waals surface area (Å²) < 4.78 is 0. The van der Waals surface area contributed by atoms with Crippen LogP contribution in [0.5, 0.6) is 0 Å². The number of thiazole rings is 1. The number of fused-ring (bicyclic) bond motifs is 1. The Kier molecular flexibility index (Phi) is 3.70. The number of rotatable bonds is 2. The predicted octanol–water partition coefficient (Wildman–Crippen LogP) is 2.58. The van der Waals surface area contributed by atoms with Crippen LogP contribution in [0.15, 0.2) is 24.3 Å². The Labute approximate surface area is 132 Å². The van der Waals surface area contributed by atoms with Gasteiger partial charge in [0.15, 0.2) is 6.04 Å². The molecule has 1 aromatic carbocycles. The van der Waals surface area contributed by atoms with Gasteiger partial charge in [-0.05, 0) is 31.4 Å². The monoisotopic (exact) mass is 316 g/mol. The summed E-state index contributed by atoms with van der Waals surface area (Å²) in [6.45, 7) is 4.03. The average Bonchev–Trinajstić information content (AvgIpc) is 2.83. The average molecular weight is 316 g/mol. The van der Waals surface area contributed by atoms with Gasteiger partial charge in [0, 0.05) is 6.54 Å². The van der Waals surface area contributed by atoms with Gasteiger partial charge in [-0.1, -0.05) is 24.3 Å². The molecule has 1 atom stereocenters. The van der Waals surface area contributed by atoms with E-state index in [2.05, 4.69) is 4.98 Å². The molecule has 0 bridgehead atoms. The Hall–Kier alpha value is -2.21. The van der Waals surface area contributed by atoms with E-state index < -0.39 is 12.0 Å². The second kappa shape index (κ2) is 5.53. The van der Waals surface area contributed by atoms with Gasteiger partial charge in [0.1, 0.15) is 4.88 Å². The van der Waals surface area contributed by atoms with E-state index in [1.54, 1.807) is 13.0 Å². The minimum Gasteiger partial charge on any atom is -0.479 e. The molecule has 1 aromatic heterocycles. The molecule has 1 amide bonds. The van der Waals surface area contributed by atoms with E-state index >= 15 is 0 Å². The summed E-state index contributed by atoms with van der Waals surface area (Å²) in [6.07, 6.45) is 0.669. The number of aliphatic carboxylic acids is 1. The summed E-state index contributed by atoms with van der Waals surface area (Å²) in [6, 6.07) is 6.49. The Morgan fingerprint density at radius 2 is 2.05 bits per heavy atom. The topological polar surface area (TPSA) is 70.5 Å². The van der Waals surface area contributed by atoms with E-state index in [4.69, 9.17) is 0 Å². The molecule has 0 aliphatic carbocycles. The Balaban J connectivity index is 2.02. The fourth-order valence-corrected chi connectivity index (χ4v) is 3.79. The van der Waals surface area contributed by atoms with E-state index in [0.717, 1.165) is 10.6 Å². The number of carbonyl (C=O) groups is 2. The van der Waals surface area contributed by atoms with E-state index in [-0.39, 0.29) is 5.91 Å². The summed E-state index contributed by atoms with van der Waals surface area (Å²) in [5.74, 6) is -1.25. The van der Waals surface area contributed by atoms with Gasteiger partial charge in [0.2, 0.25) is 0 Å². The summed E-state index contributed by atoms with van der Waals surface area (Å²) >= 11 is 1.32. The van der Waals surface area contributed by atoms with Gasteiger partial charge in [0.05, 0.1) is 10.7 Å². The maximum atomic E-state index is 12.8. The van der Waals surface area contributed by atoms with Gasteiger partial charge in [-0.15, -0.1) is 11.3 Å². The highest BCUT2D eigenvalue weighted by Crippen LogP contribution is 2.32. The van der Waals surface area contributed by atoms with Crippen molar-refractivity contribution in [3.63, 3.8) is 0 Å². The van der Waals surface area contributed by atoms with Gasteiger partial charge >= 0.3 is 5.97 Å². The summed E-state index contributed by atoms with van der Waals surface area (Å²) in [5, 5.41) is 10.4. The molecule has 2 heterocycles. The third-order valence-electron chi connectivity index (χ3n) is 3.88. The lowest BCUT2D eigenvalue weighted by molar-refractivity contribution is -0.143. The largest absolute Gasteiger partial charge is 0.479 e. The second-order valence-electron chi connectivity index (χ2n) is 5.34. The van der Waals surface area contributed by atoms with Crippen molar-refractivity contribution in [3.8, 4) is 0 Å². The highest BCUT2D eigenvalue weighted by molar-refractivity contribution is 7.13. The molecule has 1 N–H and O–H groups in total. The van der Waals surface area contributed by atoms with Crippen LogP contribution in [0.3, 0.4) is 0 Å². The van der Waals surface area contributed by atoms with Gasteiger partial charge < -0.3 is 10.0 Å². The number of carboxylic acid groups (broad SMARTS) is 1. The number of aryl methyl sites for hydroxylation is 2. The standard InChI is InChI=1S/C16H16N2O3S/c1-9-14(22-10(2)17-9)15(19)18-8-7-11-5-3-4-6-12(11)13(18)16(20)21/h3-6,13H,7-8H2,1-2H3,(H,20,21). The Morgan fingerprint density at radius 3 is 2.68 bits per heavy atom. The van der Waals surface area contributed by atoms with Crippen molar-refractivity contribution in [1.29, 1.82) is 0 Å². The number of aromatic nitrogens is 1. The van der Waals surface area contributed by atoms with Crippen LogP contribution in [-0.4, -0.2) is 33.4 Å². The lowest BCUT2D eigenvalue weighted by Crippen LogP contribution is -2.43. The first kappa shape index (κ1) is 14.7. The van der Waals surface area contributed by atoms with Crippen molar-refractivity contribution in [2.75, 3.05) is 6.54 Å². The molecule has 0 saturated heterocycles. The first-order valence-corrected chi connectivity index (χ1v) is 7.86. The Bertz CT molecular complexity index is 754. The van der Waals surface area contributed by atoms with Crippen molar-refractivity contribution in [1.82, 2.24) is 9.88 Å². The normalized spacial score (nSPS) is 17.2. The molecule has 0 radical (unpaired) electrons. The molecular weight excluding hydrogens is 300 g/mol. The minimum atomic E-state index is -1.00. The zero-order valence-electron chi connectivity index (χ0n) is 12.4. The molecule has 0 saturated carbocycles. The highest BCUT2D eigenvalue weighted by Gasteiger charge is 2.37. The van der Waals surface area contributed by atoms with Crippen LogP contribution >= 0.6 is 11.3 Å². The SMILES string of the molecule is Cc1nc(C)c(C(=O)N2CCc3ccccc3C2C(=O)O)s1. The molecule has 2 aromatic rings. The van der Waals surface area contributed by atoms with Crippen molar-refractivity contribution >= 4 is 23.2 Å². The fourth-order valence-electron chi connectivity index (χ4n) is 2.91. The third-order valence-corrected chi connectivity index (χ3v) is 4.94.